The molecule has 4 aromatic rings. The summed E-state index contributed by atoms with van der Waals surface area (Å²) < 4.78 is 21.1. The first-order valence-electron chi connectivity index (χ1n) is 10.4. The number of hydrogen-bond donors (Lipinski definition) is 1. The predicted molar refractivity (Wildman–Crippen MR) is 118 cm³/mol. The van der Waals surface area contributed by atoms with Crippen LogP contribution in [0.2, 0.25) is 0 Å². The van der Waals surface area contributed by atoms with E-state index in [9.17, 15) is 14.3 Å². The minimum atomic E-state index is -1.00. The van der Waals surface area contributed by atoms with Gasteiger partial charge in [-0.3, -0.25) is 0 Å². The van der Waals surface area contributed by atoms with Gasteiger partial charge in [0.2, 0.25) is 0 Å². The van der Waals surface area contributed by atoms with Crippen molar-refractivity contribution in [1.29, 1.82) is 0 Å². The first-order chi connectivity index (χ1) is 15.1. The summed E-state index contributed by atoms with van der Waals surface area (Å²) in [5.74, 6) is 0.0628. The molecule has 156 valence electrons. The molecule has 0 amide bonds. The van der Waals surface area contributed by atoms with Crippen LogP contribution in [-0.4, -0.2) is 22.2 Å². The van der Waals surface area contributed by atoms with Gasteiger partial charge < -0.3 is 14.4 Å². The molecule has 1 aromatic heterocycles. The van der Waals surface area contributed by atoms with E-state index in [4.69, 9.17) is 4.74 Å². The van der Waals surface area contributed by atoms with Gasteiger partial charge in [-0.1, -0.05) is 42.5 Å². The first kappa shape index (κ1) is 19.4. The molecule has 4 nitrogen and oxygen atoms in total. The molecule has 0 unspecified atom stereocenters. The largest absolute Gasteiger partial charge is 0.493 e. The van der Waals surface area contributed by atoms with E-state index >= 15 is 0 Å². The Morgan fingerprint density at radius 1 is 1.03 bits per heavy atom. The number of benzene rings is 3. The van der Waals surface area contributed by atoms with Gasteiger partial charge in [-0.15, -0.1) is 0 Å². The van der Waals surface area contributed by atoms with Gasteiger partial charge in [-0.25, -0.2) is 9.18 Å². The summed E-state index contributed by atoms with van der Waals surface area (Å²) in [6.45, 7) is 1.03. The normalized spacial score (nSPS) is 13.5. The van der Waals surface area contributed by atoms with Gasteiger partial charge in [0.1, 0.15) is 17.3 Å². The first-order valence-corrected chi connectivity index (χ1v) is 10.4. The van der Waals surface area contributed by atoms with Crippen molar-refractivity contribution in [3.8, 4) is 16.9 Å². The van der Waals surface area contributed by atoms with Crippen molar-refractivity contribution in [1.82, 2.24) is 4.57 Å². The van der Waals surface area contributed by atoms with Gasteiger partial charge in [0.15, 0.2) is 0 Å². The van der Waals surface area contributed by atoms with Gasteiger partial charge >= 0.3 is 5.97 Å². The van der Waals surface area contributed by atoms with Gasteiger partial charge in [-0.05, 0) is 60.2 Å². The Balaban J connectivity index is 1.64. The van der Waals surface area contributed by atoms with E-state index in [1.165, 1.54) is 25.0 Å². The summed E-state index contributed by atoms with van der Waals surface area (Å²) in [5, 5.41) is 11.0. The van der Waals surface area contributed by atoms with Gasteiger partial charge in [0.05, 0.1) is 6.61 Å². The summed E-state index contributed by atoms with van der Waals surface area (Å²) in [6, 6.07) is 21.5. The van der Waals surface area contributed by atoms with E-state index in [0.717, 1.165) is 27.8 Å². The molecule has 0 atom stereocenters. The molecule has 3 aromatic carbocycles. The smallest absolute Gasteiger partial charge is 0.353 e. The highest BCUT2D eigenvalue weighted by Gasteiger charge is 2.25. The lowest BCUT2D eigenvalue weighted by atomic mass is 10.0. The van der Waals surface area contributed by atoms with E-state index in [2.05, 4.69) is 0 Å². The summed E-state index contributed by atoms with van der Waals surface area (Å²) >= 11 is 0. The number of rotatable bonds is 7. The Morgan fingerprint density at radius 2 is 1.81 bits per heavy atom. The van der Waals surface area contributed by atoms with Crippen LogP contribution in [0.1, 0.15) is 28.9 Å². The summed E-state index contributed by atoms with van der Waals surface area (Å²) in [5.41, 5.74) is 3.34. The molecule has 5 rings (SSSR count). The molecule has 0 radical (unpaired) electrons. The average molecular weight is 415 g/mol. The Kier molecular flexibility index (Phi) is 4.94. The van der Waals surface area contributed by atoms with Crippen molar-refractivity contribution in [2.24, 2.45) is 5.92 Å². The van der Waals surface area contributed by atoms with Crippen molar-refractivity contribution in [3.05, 3.63) is 89.9 Å². The topological polar surface area (TPSA) is 51.5 Å². The van der Waals surface area contributed by atoms with E-state index in [-0.39, 0.29) is 11.5 Å². The van der Waals surface area contributed by atoms with E-state index in [1.54, 1.807) is 16.7 Å². The number of hydrogen-bond acceptors (Lipinski definition) is 2. The number of para-hydroxylation sites is 1. The molecule has 1 aliphatic rings. The zero-order chi connectivity index (χ0) is 21.4. The number of carboxylic acid groups (broad SMARTS) is 1. The molecule has 1 N–H and O–H groups in total. The molecule has 5 heteroatoms. The van der Waals surface area contributed by atoms with Crippen LogP contribution in [0, 0.1) is 11.7 Å². The van der Waals surface area contributed by atoms with Crippen LogP contribution >= 0.6 is 0 Å². The zero-order valence-electron chi connectivity index (χ0n) is 16.9. The van der Waals surface area contributed by atoms with E-state index < -0.39 is 5.97 Å². The van der Waals surface area contributed by atoms with Crippen molar-refractivity contribution in [2.75, 3.05) is 6.61 Å². The summed E-state index contributed by atoms with van der Waals surface area (Å²) in [7, 11) is 0. The second kappa shape index (κ2) is 7.91. The quantitative estimate of drug-likeness (QED) is 0.404. The maximum absolute atomic E-state index is 13.4. The highest BCUT2D eigenvalue weighted by molar-refractivity contribution is 6.08. The van der Waals surface area contributed by atoms with Gasteiger partial charge in [-0.2, -0.15) is 0 Å². The second-order valence-corrected chi connectivity index (χ2v) is 8.04. The molecule has 0 aliphatic heterocycles. The minimum absolute atomic E-state index is 0.213. The Labute approximate surface area is 179 Å². The van der Waals surface area contributed by atoms with Gasteiger partial charge in [0.25, 0.3) is 0 Å². The number of carboxylic acids is 1. The minimum Gasteiger partial charge on any atom is -0.493 e. The number of aromatic carboxylic acids is 1. The van der Waals surface area contributed by atoms with E-state index in [0.29, 0.717) is 24.6 Å². The molecule has 0 bridgehead atoms. The number of nitrogens with zero attached hydrogens (tertiary/aromatic N) is 1. The highest BCUT2D eigenvalue weighted by Crippen LogP contribution is 2.37. The average Bonchev–Trinajstić information content (AvgIpc) is 3.55. The fraction of sp³-hybridized carbons (Fsp3) is 0.192. The van der Waals surface area contributed by atoms with Crippen LogP contribution in [0.5, 0.6) is 5.75 Å². The third-order valence-electron chi connectivity index (χ3n) is 5.73. The molecule has 1 saturated carbocycles. The van der Waals surface area contributed by atoms with Crippen molar-refractivity contribution >= 4 is 16.9 Å². The molecular formula is C26H22FNO3. The third kappa shape index (κ3) is 3.91. The molecule has 1 fully saturated rings. The van der Waals surface area contributed by atoms with Crippen molar-refractivity contribution < 1.29 is 19.0 Å². The molecule has 0 spiro atoms. The second-order valence-electron chi connectivity index (χ2n) is 8.04. The molecule has 1 aliphatic carbocycles. The summed E-state index contributed by atoms with van der Waals surface area (Å²) in [6.07, 6.45) is 2.42. The molecule has 1 heterocycles. The Morgan fingerprint density at radius 3 is 2.55 bits per heavy atom. The van der Waals surface area contributed by atoms with Crippen LogP contribution in [0.4, 0.5) is 4.39 Å². The van der Waals surface area contributed by atoms with Crippen LogP contribution in [-0.2, 0) is 6.54 Å². The molecule has 31 heavy (non-hydrogen) atoms. The van der Waals surface area contributed by atoms with Crippen LogP contribution in [0.25, 0.3) is 22.0 Å². The maximum Gasteiger partial charge on any atom is 0.353 e. The fourth-order valence-electron chi connectivity index (χ4n) is 3.99. The SMILES string of the molecule is O=C(O)c1c(-c2cccc(OCC3CC3)c2)c2ccccc2n1Cc1ccc(F)cc1. The number of halogens is 1. The van der Waals surface area contributed by atoms with Crippen LogP contribution in [0.3, 0.4) is 0 Å². The number of ether oxygens (including phenoxy) is 1. The Hall–Kier alpha value is -3.60. The highest BCUT2D eigenvalue weighted by atomic mass is 19.1. The monoisotopic (exact) mass is 415 g/mol. The lowest BCUT2D eigenvalue weighted by molar-refractivity contribution is 0.0687. The molecular weight excluding hydrogens is 393 g/mol. The summed E-state index contributed by atoms with van der Waals surface area (Å²) in [4.78, 5) is 12.4. The lowest BCUT2D eigenvalue weighted by Gasteiger charge is -2.11. The number of fused-ring (bicyclic) bond motifs is 1. The zero-order valence-corrected chi connectivity index (χ0v) is 16.9. The van der Waals surface area contributed by atoms with E-state index in [1.807, 2.05) is 48.5 Å². The number of aromatic nitrogens is 1. The standard InChI is InChI=1S/C26H22FNO3/c27-20-12-10-17(11-13-20)15-28-23-7-2-1-6-22(23)24(25(28)26(29)30)19-4-3-5-21(14-19)31-16-18-8-9-18/h1-7,10-14,18H,8-9,15-16H2,(H,29,30). The maximum atomic E-state index is 13.4. The number of carbonyl (C=O) groups is 1. The van der Waals surface area contributed by atoms with Crippen LogP contribution in [0.15, 0.2) is 72.8 Å². The third-order valence-corrected chi connectivity index (χ3v) is 5.73. The van der Waals surface area contributed by atoms with Crippen molar-refractivity contribution in [3.63, 3.8) is 0 Å². The fourth-order valence-corrected chi connectivity index (χ4v) is 3.99. The Bertz CT molecular complexity index is 1260. The molecule has 0 saturated heterocycles. The predicted octanol–water partition coefficient (Wildman–Crippen LogP) is 5.98. The van der Waals surface area contributed by atoms with Crippen molar-refractivity contribution in [2.45, 2.75) is 19.4 Å². The van der Waals surface area contributed by atoms with Gasteiger partial charge in [0, 0.05) is 23.0 Å². The lowest BCUT2D eigenvalue weighted by Crippen LogP contribution is -2.10. The van der Waals surface area contributed by atoms with Crippen LogP contribution < -0.4 is 4.74 Å².